The Balaban J connectivity index is 2.21. The zero-order chi connectivity index (χ0) is 27.3. The van der Waals surface area contributed by atoms with Gasteiger partial charge in [-0.2, -0.15) is 0 Å². The Morgan fingerprint density at radius 2 is 2.06 bits per heavy atom. The number of hydrogen-bond donors (Lipinski definition) is 3. The van der Waals surface area contributed by atoms with Gasteiger partial charge in [0.1, 0.15) is 24.1 Å². The lowest BCUT2D eigenvalue weighted by molar-refractivity contribution is -0.705. The third-order valence-corrected chi connectivity index (χ3v) is 5.24. The van der Waals surface area contributed by atoms with Crippen molar-refractivity contribution < 1.29 is 19.3 Å². The number of carbonyl (C=O) groups excluding carboxylic acids is 1. The summed E-state index contributed by atoms with van der Waals surface area (Å²) in [6, 6.07) is 1.59. The van der Waals surface area contributed by atoms with Gasteiger partial charge in [-0.15, -0.1) is 0 Å². The van der Waals surface area contributed by atoms with Crippen molar-refractivity contribution in [2.75, 3.05) is 6.61 Å². The fourth-order valence-electron chi connectivity index (χ4n) is 2.92. The van der Waals surface area contributed by atoms with Gasteiger partial charge in [-0.3, -0.25) is 4.99 Å². The predicted molar refractivity (Wildman–Crippen MR) is 140 cm³/mol. The van der Waals surface area contributed by atoms with E-state index in [2.05, 4.69) is 21.5 Å². The summed E-state index contributed by atoms with van der Waals surface area (Å²) < 4.78 is 4.01. The Bertz CT molecular complexity index is 1250. The molecule has 2 heterocycles. The van der Waals surface area contributed by atoms with Gasteiger partial charge in [0.15, 0.2) is 16.6 Å². The highest BCUT2D eigenvalue weighted by molar-refractivity contribution is 6.41. The number of amides is 1. The van der Waals surface area contributed by atoms with Gasteiger partial charge in [0.2, 0.25) is 0 Å². The number of aliphatic hydroxyl groups is 1. The van der Waals surface area contributed by atoms with Crippen LogP contribution in [0.1, 0.15) is 46.1 Å². The van der Waals surface area contributed by atoms with Gasteiger partial charge in [-0.05, 0) is 45.4 Å². The maximum atomic E-state index is 13.4. The first kappa shape index (κ1) is 28.7. The zero-order valence-corrected chi connectivity index (χ0v) is 21.6. The van der Waals surface area contributed by atoms with Gasteiger partial charge in [0, 0.05) is 37.2 Å². The van der Waals surface area contributed by atoms with E-state index in [0.29, 0.717) is 16.8 Å². The molecule has 1 unspecified atom stereocenters. The molecular formula is C25H29ClN6O4. The number of nitrogens with zero attached hydrogens (tertiary/aromatic N) is 4. The molecule has 0 saturated carbocycles. The van der Waals surface area contributed by atoms with E-state index in [1.165, 1.54) is 31.5 Å². The van der Waals surface area contributed by atoms with Crippen LogP contribution in [0.3, 0.4) is 0 Å². The number of quaternary nitrogens is 1. The second-order valence-electron chi connectivity index (χ2n) is 8.68. The lowest BCUT2D eigenvalue weighted by Crippen LogP contribution is -2.43. The van der Waals surface area contributed by atoms with E-state index < -0.39 is 16.2 Å². The maximum absolute atomic E-state index is 13.4. The molecule has 3 N–H and O–H groups in total. The summed E-state index contributed by atoms with van der Waals surface area (Å²) in [4.78, 5) is 25.4. The van der Waals surface area contributed by atoms with E-state index in [0.717, 1.165) is 12.4 Å². The van der Waals surface area contributed by atoms with E-state index in [9.17, 15) is 15.1 Å². The second-order valence-corrected chi connectivity index (χ2v) is 9.05. The number of nitrogens with one attached hydrogen (secondary N) is 2. The van der Waals surface area contributed by atoms with Crippen molar-refractivity contribution in [3.05, 3.63) is 81.6 Å². The van der Waals surface area contributed by atoms with Crippen LogP contribution in [0.25, 0.3) is 5.70 Å². The molecule has 1 aliphatic rings. The molecule has 0 aromatic carbocycles. The molecule has 1 amide bonds. The van der Waals surface area contributed by atoms with Gasteiger partial charge < -0.3 is 25.9 Å². The SMILES string of the molecule is C=C(N=C/C(C)=C/[N+]1([O-])C(=O)C(Cl)=C(OCC(=N)/C=C(/C)C=N)C=C1C)c1ccnc(C(C)(C)O)n1. The third kappa shape index (κ3) is 6.98. The molecule has 11 heteroatoms. The van der Waals surface area contributed by atoms with E-state index in [1.54, 1.807) is 33.8 Å². The minimum atomic E-state index is -1.46. The standard InChI is InChI=1S/C25H29ClN6O4/c1-15(11-27)9-19(28)14-36-21-10-17(3)32(35,23(33)22(21)26)13-16(2)12-30-18(4)20-7-8-29-24(31-20)25(5,6)34/h7-13,27-28,34H,4,14H2,1-3,5-6H3/b15-9-,16-13+,27-11?,28-19?,30-12?. The molecular weight excluding hydrogens is 484 g/mol. The summed E-state index contributed by atoms with van der Waals surface area (Å²) in [6.45, 7) is 11.5. The molecule has 1 aromatic rings. The number of allylic oxidation sites excluding steroid dienone is 4. The number of hydroxylamine groups is 3. The summed E-state index contributed by atoms with van der Waals surface area (Å²) in [7, 11) is 0. The average molecular weight is 513 g/mol. The highest BCUT2D eigenvalue weighted by Crippen LogP contribution is 2.32. The van der Waals surface area contributed by atoms with Gasteiger partial charge in [0.05, 0.1) is 17.1 Å². The monoisotopic (exact) mass is 512 g/mol. The highest BCUT2D eigenvalue weighted by Gasteiger charge is 2.37. The molecule has 0 saturated heterocycles. The molecule has 2 rings (SSSR count). The van der Waals surface area contributed by atoms with Crippen molar-refractivity contribution in [1.29, 1.82) is 10.8 Å². The summed E-state index contributed by atoms with van der Waals surface area (Å²) in [5.41, 5.74) is 0.540. The van der Waals surface area contributed by atoms with Crippen LogP contribution >= 0.6 is 11.6 Å². The predicted octanol–water partition coefficient (Wildman–Crippen LogP) is 4.49. The van der Waals surface area contributed by atoms with Gasteiger partial charge >= 0.3 is 5.91 Å². The number of ether oxygens (including phenoxy) is 1. The van der Waals surface area contributed by atoms with Gasteiger partial charge in [0.25, 0.3) is 0 Å². The second kappa shape index (κ2) is 11.4. The molecule has 1 aliphatic heterocycles. The van der Waals surface area contributed by atoms with Crippen LogP contribution < -0.4 is 0 Å². The molecule has 0 radical (unpaired) electrons. The highest BCUT2D eigenvalue weighted by atomic mass is 35.5. The minimum Gasteiger partial charge on any atom is -0.615 e. The van der Waals surface area contributed by atoms with Crippen LogP contribution in [-0.2, 0) is 15.1 Å². The normalized spacial score (nSPS) is 19.4. The molecule has 1 atom stereocenters. The largest absolute Gasteiger partial charge is 0.615 e. The van der Waals surface area contributed by atoms with Crippen molar-refractivity contribution >= 4 is 41.3 Å². The summed E-state index contributed by atoms with van der Waals surface area (Å²) in [5, 5.41) is 38.1. The van der Waals surface area contributed by atoms with Crippen LogP contribution in [0.15, 0.2) is 69.8 Å². The first-order chi connectivity index (χ1) is 16.7. The van der Waals surface area contributed by atoms with Crippen LogP contribution in [-0.4, -0.2) is 50.4 Å². The number of aromatic nitrogens is 2. The third-order valence-electron chi connectivity index (χ3n) is 4.89. The smallest absolute Gasteiger partial charge is 0.370 e. The number of halogens is 1. The minimum absolute atomic E-state index is 0.00565. The lowest BCUT2D eigenvalue weighted by atomic mass is 10.1. The Labute approximate surface area is 214 Å². The van der Waals surface area contributed by atoms with Crippen LogP contribution in [0.2, 0.25) is 0 Å². The zero-order valence-electron chi connectivity index (χ0n) is 20.8. The Morgan fingerprint density at radius 1 is 1.39 bits per heavy atom. The van der Waals surface area contributed by atoms with E-state index >= 15 is 0 Å². The Morgan fingerprint density at radius 3 is 2.67 bits per heavy atom. The van der Waals surface area contributed by atoms with Gasteiger partial charge in [-0.25, -0.2) is 19.4 Å². The van der Waals surface area contributed by atoms with E-state index in [-0.39, 0.29) is 40.3 Å². The van der Waals surface area contributed by atoms with Crippen molar-refractivity contribution in [1.82, 2.24) is 9.97 Å². The summed E-state index contributed by atoms with van der Waals surface area (Å²) in [5.74, 6) is -0.738. The molecule has 0 fully saturated rings. The summed E-state index contributed by atoms with van der Waals surface area (Å²) in [6.07, 6.45) is 7.92. The van der Waals surface area contributed by atoms with Crippen molar-refractivity contribution in [2.24, 2.45) is 4.99 Å². The Hall–Kier alpha value is -3.57. The van der Waals surface area contributed by atoms with Crippen molar-refractivity contribution in [3.63, 3.8) is 0 Å². The molecule has 1 aromatic heterocycles. The summed E-state index contributed by atoms with van der Waals surface area (Å²) >= 11 is 6.15. The molecule has 36 heavy (non-hydrogen) atoms. The molecule has 190 valence electrons. The fraction of sp³-hybridized carbons (Fsp3) is 0.280. The first-order valence-electron chi connectivity index (χ1n) is 10.8. The molecule has 0 spiro atoms. The van der Waals surface area contributed by atoms with Crippen LogP contribution in [0.4, 0.5) is 0 Å². The lowest BCUT2D eigenvalue weighted by Gasteiger charge is -2.38. The number of hydrogen-bond acceptors (Lipinski definition) is 9. The van der Waals surface area contributed by atoms with Crippen molar-refractivity contribution in [3.8, 4) is 0 Å². The number of carbonyl (C=O) groups is 1. The number of rotatable bonds is 10. The maximum Gasteiger partial charge on any atom is 0.370 e. The van der Waals surface area contributed by atoms with Crippen LogP contribution in [0, 0.1) is 16.0 Å². The quantitative estimate of drug-likeness (QED) is 0.238. The topological polar surface area (TPSA) is 155 Å². The van der Waals surface area contributed by atoms with E-state index in [4.69, 9.17) is 27.2 Å². The average Bonchev–Trinajstić information content (AvgIpc) is 2.82. The fourth-order valence-corrected chi connectivity index (χ4v) is 3.15. The van der Waals surface area contributed by atoms with Crippen LogP contribution in [0.5, 0.6) is 0 Å². The molecule has 10 nitrogen and oxygen atoms in total. The van der Waals surface area contributed by atoms with Crippen molar-refractivity contribution in [2.45, 2.75) is 40.2 Å². The Kier molecular flexibility index (Phi) is 9.11. The molecule has 0 bridgehead atoms. The molecule has 0 aliphatic carbocycles. The number of aliphatic imine (C=N–C) groups is 1. The first-order valence-corrected chi connectivity index (χ1v) is 11.2. The van der Waals surface area contributed by atoms with E-state index in [1.807, 2.05) is 0 Å². The van der Waals surface area contributed by atoms with Gasteiger partial charge in [-0.1, -0.05) is 18.2 Å².